The van der Waals surface area contributed by atoms with Crippen molar-refractivity contribution in [2.24, 2.45) is 0 Å². The smallest absolute Gasteiger partial charge is 0.251 e. The lowest BCUT2D eigenvalue weighted by molar-refractivity contribution is 0.0247. The van der Waals surface area contributed by atoms with Crippen LogP contribution in [0.4, 0.5) is 0 Å². The second-order valence-corrected chi connectivity index (χ2v) is 9.34. The van der Waals surface area contributed by atoms with Crippen molar-refractivity contribution in [3.8, 4) is 17.2 Å². The summed E-state index contributed by atoms with van der Waals surface area (Å²) in [5.74, 6) is 1.25. The molecule has 2 saturated heterocycles. The molecule has 0 aromatic heterocycles. The first-order chi connectivity index (χ1) is 16.4. The van der Waals surface area contributed by atoms with Crippen molar-refractivity contribution in [2.45, 2.75) is 50.2 Å². The fraction of sp³-hybridized carbons (Fsp3) is 0.462. The van der Waals surface area contributed by atoms with Crippen LogP contribution in [-0.4, -0.2) is 62.6 Å². The molecule has 34 heavy (non-hydrogen) atoms. The van der Waals surface area contributed by atoms with Gasteiger partial charge in [0.1, 0.15) is 0 Å². The predicted molar refractivity (Wildman–Crippen MR) is 131 cm³/mol. The second-order valence-electron chi connectivity index (χ2n) is 8.90. The molecule has 0 saturated carbocycles. The molecular formula is C26H31ClN2O5. The van der Waals surface area contributed by atoms with E-state index in [2.05, 4.69) is 10.2 Å². The lowest BCUT2D eigenvalue weighted by atomic mass is 9.81. The Hall–Kier alpha value is -2.77. The van der Waals surface area contributed by atoms with Gasteiger partial charge in [0.25, 0.3) is 5.91 Å². The highest BCUT2D eigenvalue weighted by Gasteiger charge is 2.39. The largest absolute Gasteiger partial charge is 0.493 e. The van der Waals surface area contributed by atoms with Crippen LogP contribution in [0.25, 0.3) is 0 Å². The fourth-order valence-corrected chi connectivity index (χ4v) is 5.44. The van der Waals surface area contributed by atoms with Gasteiger partial charge in [0.2, 0.25) is 5.75 Å². The van der Waals surface area contributed by atoms with Gasteiger partial charge in [0.15, 0.2) is 17.3 Å². The van der Waals surface area contributed by atoms with Crippen molar-refractivity contribution in [3.63, 3.8) is 0 Å². The average molecular weight is 487 g/mol. The van der Waals surface area contributed by atoms with Crippen molar-refractivity contribution in [1.82, 2.24) is 10.2 Å². The molecular weight excluding hydrogens is 456 g/mol. The molecule has 7 nitrogen and oxygen atoms in total. The summed E-state index contributed by atoms with van der Waals surface area (Å²) in [4.78, 5) is 28.3. The first kappa shape index (κ1) is 24.4. The van der Waals surface area contributed by atoms with Gasteiger partial charge in [-0.2, -0.15) is 0 Å². The minimum Gasteiger partial charge on any atom is -0.493 e. The number of ether oxygens (including phenoxy) is 3. The van der Waals surface area contributed by atoms with E-state index >= 15 is 0 Å². The van der Waals surface area contributed by atoms with Gasteiger partial charge in [-0.15, -0.1) is 0 Å². The summed E-state index contributed by atoms with van der Waals surface area (Å²) in [6.45, 7) is 0.378. The summed E-state index contributed by atoms with van der Waals surface area (Å²) in [6, 6.07) is 11.0. The average Bonchev–Trinajstić information content (AvgIpc) is 2.83. The van der Waals surface area contributed by atoms with Gasteiger partial charge in [0.05, 0.1) is 27.9 Å². The van der Waals surface area contributed by atoms with E-state index < -0.39 is 0 Å². The Morgan fingerprint density at radius 2 is 1.62 bits per heavy atom. The Labute approximate surface area is 205 Å². The maximum absolute atomic E-state index is 13.1. The van der Waals surface area contributed by atoms with Crippen LogP contribution in [0.15, 0.2) is 36.4 Å². The summed E-state index contributed by atoms with van der Waals surface area (Å²) in [7, 11) is 4.59. The number of halogens is 1. The Kier molecular flexibility index (Phi) is 7.63. The molecule has 2 unspecified atom stereocenters. The molecule has 0 spiro atoms. The van der Waals surface area contributed by atoms with E-state index in [1.807, 2.05) is 6.07 Å². The number of carbonyl (C=O) groups excluding carboxylic acids is 2. The van der Waals surface area contributed by atoms with Crippen molar-refractivity contribution in [3.05, 3.63) is 52.5 Å². The van der Waals surface area contributed by atoms with Crippen LogP contribution >= 0.6 is 11.6 Å². The normalized spacial score (nSPS) is 22.1. The number of nitrogens with one attached hydrogen (secondary N) is 1. The summed E-state index contributed by atoms with van der Waals surface area (Å²) < 4.78 is 16.1. The zero-order valence-electron chi connectivity index (χ0n) is 19.8. The molecule has 2 aliphatic rings. The molecule has 2 bridgehead atoms. The number of rotatable bonds is 8. The van der Waals surface area contributed by atoms with Gasteiger partial charge in [-0.1, -0.05) is 30.2 Å². The number of ketones is 1. The lowest BCUT2D eigenvalue weighted by Gasteiger charge is -2.48. The number of piperidine rings is 2. The van der Waals surface area contributed by atoms with Gasteiger partial charge >= 0.3 is 0 Å². The molecule has 0 radical (unpaired) electrons. The number of benzene rings is 2. The fourth-order valence-electron chi connectivity index (χ4n) is 5.25. The summed E-state index contributed by atoms with van der Waals surface area (Å²) in [6.07, 6.45) is 4.82. The number of methoxy groups -OCH3 is 3. The minimum absolute atomic E-state index is 0.0411. The molecule has 2 fully saturated rings. The van der Waals surface area contributed by atoms with Crippen LogP contribution < -0.4 is 19.5 Å². The van der Waals surface area contributed by atoms with Crippen molar-refractivity contribution < 1.29 is 23.8 Å². The van der Waals surface area contributed by atoms with Crippen molar-refractivity contribution in [1.29, 1.82) is 0 Å². The summed E-state index contributed by atoms with van der Waals surface area (Å²) in [5, 5.41) is 3.77. The maximum atomic E-state index is 13.1. The van der Waals surface area contributed by atoms with E-state index in [1.165, 1.54) is 21.3 Å². The molecule has 2 heterocycles. The molecule has 0 aliphatic carbocycles. The van der Waals surface area contributed by atoms with Crippen LogP contribution in [-0.2, 0) is 0 Å². The molecule has 2 aromatic rings. The Morgan fingerprint density at radius 3 is 2.18 bits per heavy atom. The van der Waals surface area contributed by atoms with E-state index in [-0.39, 0.29) is 29.8 Å². The summed E-state index contributed by atoms with van der Waals surface area (Å²) >= 11 is 6.07. The van der Waals surface area contributed by atoms with Gasteiger partial charge in [-0.25, -0.2) is 0 Å². The van der Waals surface area contributed by atoms with Gasteiger partial charge < -0.3 is 19.5 Å². The number of fused-ring (bicyclic) bond motifs is 2. The summed E-state index contributed by atoms with van der Waals surface area (Å²) in [5.41, 5.74) is 1.10. The van der Waals surface area contributed by atoms with E-state index in [0.29, 0.717) is 39.9 Å². The zero-order chi connectivity index (χ0) is 24.2. The van der Waals surface area contributed by atoms with E-state index in [0.717, 1.165) is 32.1 Å². The molecule has 1 amide bonds. The van der Waals surface area contributed by atoms with Crippen LogP contribution in [0.5, 0.6) is 17.2 Å². The third-order valence-corrected chi connectivity index (χ3v) is 7.10. The van der Waals surface area contributed by atoms with Crippen molar-refractivity contribution >= 4 is 23.3 Å². The minimum atomic E-state index is -0.175. The number of carbonyl (C=O) groups is 2. The van der Waals surface area contributed by atoms with Crippen molar-refractivity contribution in [2.75, 3.05) is 27.9 Å². The molecule has 2 aromatic carbocycles. The van der Waals surface area contributed by atoms with Gasteiger partial charge in [-0.05, 0) is 49.9 Å². The van der Waals surface area contributed by atoms with E-state index in [1.54, 1.807) is 30.3 Å². The van der Waals surface area contributed by atoms with Crippen LogP contribution in [0.1, 0.15) is 52.8 Å². The van der Waals surface area contributed by atoms with Gasteiger partial charge in [-0.3, -0.25) is 14.5 Å². The zero-order valence-corrected chi connectivity index (χ0v) is 20.6. The number of Topliss-reactive ketones (excluding diaryl/α,β-unsaturated/α-hetero) is 1. The second kappa shape index (κ2) is 10.7. The third-order valence-electron chi connectivity index (χ3n) is 6.86. The first-order valence-corrected chi connectivity index (χ1v) is 12.0. The molecule has 2 atom stereocenters. The number of hydrogen-bond donors (Lipinski definition) is 1. The molecule has 182 valence electrons. The molecule has 4 rings (SSSR count). The lowest BCUT2D eigenvalue weighted by Crippen LogP contribution is -2.58. The monoisotopic (exact) mass is 486 g/mol. The van der Waals surface area contributed by atoms with E-state index in [4.69, 9.17) is 25.8 Å². The van der Waals surface area contributed by atoms with Crippen LogP contribution in [0, 0.1) is 0 Å². The van der Waals surface area contributed by atoms with E-state index in [9.17, 15) is 9.59 Å². The predicted octanol–water partition coefficient (Wildman–Crippen LogP) is 4.36. The SMILES string of the molecule is COc1cc(C(=O)NC2CC3CCCC(C2)N3CC(=O)c2cccc(Cl)c2)cc(OC)c1OC. The third kappa shape index (κ3) is 5.15. The highest BCUT2D eigenvalue weighted by atomic mass is 35.5. The Bertz CT molecular complexity index is 1020. The standard InChI is InChI=1S/C26H31ClN2O5/c1-32-23-11-17(12-24(33-2)25(23)34-3)26(31)28-19-13-20-8-5-9-21(14-19)29(20)15-22(30)16-6-4-7-18(27)10-16/h4,6-7,10-12,19-21H,5,8-9,13-15H2,1-3H3,(H,28,31). The molecule has 2 aliphatic heterocycles. The Balaban J connectivity index is 1.44. The number of nitrogens with zero attached hydrogens (tertiary/aromatic N) is 1. The number of hydrogen-bond acceptors (Lipinski definition) is 6. The Morgan fingerprint density at radius 1 is 0.971 bits per heavy atom. The highest BCUT2D eigenvalue weighted by molar-refractivity contribution is 6.31. The molecule has 1 N–H and O–H groups in total. The molecule has 8 heteroatoms. The highest BCUT2D eigenvalue weighted by Crippen LogP contribution is 2.39. The topological polar surface area (TPSA) is 77.1 Å². The quantitative estimate of drug-likeness (QED) is 0.558. The first-order valence-electron chi connectivity index (χ1n) is 11.6. The van der Waals surface area contributed by atoms with Crippen LogP contribution in [0.3, 0.4) is 0 Å². The van der Waals surface area contributed by atoms with Gasteiger partial charge in [0, 0.05) is 34.3 Å². The van der Waals surface area contributed by atoms with Crippen LogP contribution in [0.2, 0.25) is 5.02 Å². The maximum Gasteiger partial charge on any atom is 0.251 e. The number of amides is 1.